The Morgan fingerprint density at radius 3 is 2.50 bits per heavy atom. The van der Waals surface area contributed by atoms with E-state index < -0.39 is 0 Å². The van der Waals surface area contributed by atoms with Crippen LogP contribution in [-0.2, 0) is 0 Å². The number of anilines is 4. The summed E-state index contributed by atoms with van der Waals surface area (Å²) in [6.07, 6.45) is 1.86. The zero-order valence-corrected chi connectivity index (χ0v) is 22.9. The second-order valence-electron chi connectivity index (χ2n) is 8.66. The van der Waals surface area contributed by atoms with Gasteiger partial charge in [-0.05, 0) is 55.6 Å². The number of thiazole rings is 1. The van der Waals surface area contributed by atoms with Crippen molar-refractivity contribution in [3.8, 4) is 10.4 Å². The van der Waals surface area contributed by atoms with Crippen LogP contribution in [0, 0.1) is 0 Å². The Hall–Kier alpha value is -3.74. The average molecular weight is 548 g/mol. The Bertz CT molecular complexity index is 1360. The van der Waals surface area contributed by atoms with E-state index in [4.69, 9.17) is 15.0 Å². The molecule has 1 fully saturated rings. The van der Waals surface area contributed by atoms with E-state index in [1.54, 1.807) is 11.3 Å². The molecule has 2 amide bonds. The summed E-state index contributed by atoms with van der Waals surface area (Å²) in [7, 11) is 2.12. The normalized spacial score (nSPS) is 13.8. The van der Waals surface area contributed by atoms with Crippen LogP contribution in [-0.4, -0.2) is 70.6 Å². The summed E-state index contributed by atoms with van der Waals surface area (Å²) < 4.78 is 0. The number of piperazine rings is 1. The summed E-state index contributed by atoms with van der Waals surface area (Å²) >= 11 is 3.00. The maximum atomic E-state index is 11.8. The van der Waals surface area contributed by atoms with E-state index in [0.717, 1.165) is 52.3 Å². The van der Waals surface area contributed by atoms with Crippen molar-refractivity contribution < 1.29 is 4.79 Å². The standard InChI is InChI=1S/C26H29N9OS2/c1-3-27-24(36)29-19-9-11-20(12-10-19)37-26-32-22(30-23(33-26)35-15-13-34(2)14-16-35)31-25-28-17-21(38-25)18-7-5-4-6-8-18/h4-12,17H,3,13-16H2,1-2H3,(H2,27,29,36)(H,28,30,31,32,33). The molecule has 0 bridgehead atoms. The van der Waals surface area contributed by atoms with E-state index in [0.29, 0.717) is 23.6 Å². The summed E-state index contributed by atoms with van der Waals surface area (Å²) in [5.41, 5.74) is 1.84. The maximum Gasteiger partial charge on any atom is 0.319 e. The topological polar surface area (TPSA) is 111 Å². The number of likely N-dealkylation sites (N-methyl/N-ethyl adjacent to an activating group) is 1. The monoisotopic (exact) mass is 547 g/mol. The molecule has 4 aromatic rings. The molecule has 3 N–H and O–H groups in total. The van der Waals surface area contributed by atoms with E-state index in [-0.39, 0.29) is 6.03 Å². The summed E-state index contributed by atoms with van der Waals surface area (Å²) in [4.78, 5) is 37.0. The summed E-state index contributed by atoms with van der Waals surface area (Å²) in [6, 6.07) is 17.5. The molecule has 196 valence electrons. The van der Waals surface area contributed by atoms with Gasteiger partial charge in [-0.15, -0.1) is 0 Å². The minimum atomic E-state index is -0.226. The number of aromatic nitrogens is 4. The maximum absolute atomic E-state index is 11.8. The van der Waals surface area contributed by atoms with Gasteiger partial charge < -0.3 is 20.4 Å². The fourth-order valence-corrected chi connectivity index (χ4v) is 5.36. The van der Waals surface area contributed by atoms with E-state index in [1.165, 1.54) is 11.8 Å². The smallest absolute Gasteiger partial charge is 0.319 e. The van der Waals surface area contributed by atoms with Crippen LogP contribution in [0.5, 0.6) is 0 Å². The molecule has 1 saturated heterocycles. The molecule has 5 rings (SSSR count). The lowest BCUT2D eigenvalue weighted by Crippen LogP contribution is -2.45. The van der Waals surface area contributed by atoms with Crippen molar-refractivity contribution in [1.29, 1.82) is 0 Å². The van der Waals surface area contributed by atoms with Crippen molar-refractivity contribution in [2.75, 3.05) is 55.3 Å². The van der Waals surface area contributed by atoms with Gasteiger partial charge in [0.2, 0.25) is 11.9 Å². The van der Waals surface area contributed by atoms with Crippen LogP contribution in [0.15, 0.2) is 70.8 Å². The highest BCUT2D eigenvalue weighted by atomic mass is 32.2. The van der Waals surface area contributed by atoms with Crippen molar-refractivity contribution in [2.45, 2.75) is 17.0 Å². The Balaban J connectivity index is 1.36. The number of hydrogen-bond donors (Lipinski definition) is 3. The lowest BCUT2D eigenvalue weighted by atomic mass is 10.2. The number of carbonyl (C=O) groups is 1. The van der Waals surface area contributed by atoms with Gasteiger partial charge in [0.05, 0.1) is 4.88 Å². The molecule has 0 radical (unpaired) electrons. The number of carbonyl (C=O) groups excluding carboxylic acids is 1. The third-order valence-corrected chi connectivity index (χ3v) is 7.67. The molecule has 0 aliphatic carbocycles. The van der Waals surface area contributed by atoms with E-state index in [2.05, 4.69) is 49.9 Å². The molecule has 1 aliphatic rings. The SMILES string of the molecule is CCNC(=O)Nc1ccc(Sc2nc(Nc3ncc(-c4ccccc4)s3)nc(N3CCN(C)CC3)n2)cc1. The van der Waals surface area contributed by atoms with E-state index >= 15 is 0 Å². The summed E-state index contributed by atoms with van der Waals surface area (Å²) in [5.74, 6) is 1.10. The fourth-order valence-electron chi connectivity index (χ4n) is 3.81. The molecular weight excluding hydrogens is 518 g/mol. The van der Waals surface area contributed by atoms with Crippen LogP contribution in [0.25, 0.3) is 10.4 Å². The average Bonchev–Trinajstić information content (AvgIpc) is 3.39. The first-order valence-corrected chi connectivity index (χ1v) is 14.0. The first-order valence-electron chi connectivity index (χ1n) is 12.4. The van der Waals surface area contributed by atoms with Gasteiger partial charge in [0, 0.05) is 49.5 Å². The second kappa shape index (κ2) is 12.2. The van der Waals surface area contributed by atoms with Crippen LogP contribution >= 0.6 is 23.1 Å². The van der Waals surface area contributed by atoms with Gasteiger partial charge in [-0.25, -0.2) is 9.78 Å². The van der Waals surface area contributed by atoms with Crippen LogP contribution in [0.3, 0.4) is 0 Å². The van der Waals surface area contributed by atoms with E-state index in [9.17, 15) is 4.79 Å². The molecule has 3 heterocycles. The van der Waals surface area contributed by atoms with Crippen molar-refractivity contribution >= 4 is 51.8 Å². The minimum absolute atomic E-state index is 0.226. The predicted octanol–water partition coefficient (Wildman–Crippen LogP) is 4.78. The lowest BCUT2D eigenvalue weighted by molar-refractivity contribution is 0.252. The summed E-state index contributed by atoms with van der Waals surface area (Å²) in [6.45, 7) is 6.04. The quantitative estimate of drug-likeness (QED) is 0.287. The van der Waals surface area contributed by atoms with Gasteiger partial charge in [-0.1, -0.05) is 41.7 Å². The molecule has 2 aromatic heterocycles. The highest BCUT2D eigenvalue weighted by Crippen LogP contribution is 2.32. The number of benzene rings is 2. The number of hydrogen-bond acceptors (Lipinski definition) is 10. The first-order chi connectivity index (χ1) is 18.6. The van der Waals surface area contributed by atoms with Crippen molar-refractivity contribution in [3.05, 3.63) is 60.8 Å². The number of nitrogens with zero attached hydrogens (tertiary/aromatic N) is 6. The number of urea groups is 1. The highest BCUT2D eigenvalue weighted by molar-refractivity contribution is 7.99. The molecule has 38 heavy (non-hydrogen) atoms. The molecule has 12 heteroatoms. The molecule has 10 nitrogen and oxygen atoms in total. The van der Waals surface area contributed by atoms with Crippen LogP contribution < -0.4 is 20.9 Å². The van der Waals surface area contributed by atoms with E-state index in [1.807, 2.05) is 55.6 Å². The van der Waals surface area contributed by atoms with Gasteiger partial charge in [0.15, 0.2) is 10.3 Å². The van der Waals surface area contributed by atoms with Gasteiger partial charge in [0.25, 0.3) is 0 Å². The molecule has 2 aromatic carbocycles. The van der Waals surface area contributed by atoms with Gasteiger partial charge in [-0.2, -0.15) is 15.0 Å². The Kier molecular flexibility index (Phi) is 8.31. The number of amides is 2. The molecule has 0 atom stereocenters. The predicted molar refractivity (Wildman–Crippen MR) is 154 cm³/mol. The van der Waals surface area contributed by atoms with Crippen LogP contribution in [0.1, 0.15) is 6.92 Å². The minimum Gasteiger partial charge on any atom is -0.338 e. The fraction of sp³-hybridized carbons (Fsp3) is 0.269. The van der Waals surface area contributed by atoms with Gasteiger partial charge >= 0.3 is 6.03 Å². The Morgan fingerprint density at radius 2 is 1.76 bits per heavy atom. The zero-order chi connectivity index (χ0) is 26.3. The van der Waals surface area contributed by atoms with Crippen LogP contribution in [0.2, 0.25) is 0 Å². The Morgan fingerprint density at radius 1 is 1.00 bits per heavy atom. The molecule has 0 saturated carbocycles. The van der Waals surface area contributed by atoms with Gasteiger partial charge in [0.1, 0.15) is 0 Å². The van der Waals surface area contributed by atoms with Crippen molar-refractivity contribution in [2.24, 2.45) is 0 Å². The molecular formula is C26H29N9OS2. The lowest BCUT2D eigenvalue weighted by Gasteiger charge is -2.32. The first kappa shape index (κ1) is 25.9. The molecule has 1 aliphatic heterocycles. The van der Waals surface area contributed by atoms with Crippen molar-refractivity contribution in [1.82, 2.24) is 30.2 Å². The van der Waals surface area contributed by atoms with Crippen molar-refractivity contribution in [3.63, 3.8) is 0 Å². The summed E-state index contributed by atoms with van der Waals surface area (Å²) in [5, 5.41) is 10.1. The highest BCUT2D eigenvalue weighted by Gasteiger charge is 2.19. The Labute approximate surface area is 229 Å². The second-order valence-corrected chi connectivity index (χ2v) is 10.7. The largest absolute Gasteiger partial charge is 0.338 e. The molecule has 0 unspecified atom stereocenters. The third kappa shape index (κ3) is 6.77. The molecule has 0 spiro atoms. The number of rotatable bonds is 8. The zero-order valence-electron chi connectivity index (χ0n) is 21.2. The third-order valence-electron chi connectivity index (χ3n) is 5.83. The number of nitrogens with one attached hydrogen (secondary N) is 3. The van der Waals surface area contributed by atoms with Crippen LogP contribution in [0.4, 0.5) is 27.5 Å². The van der Waals surface area contributed by atoms with Gasteiger partial charge in [-0.3, -0.25) is 5.32 Å².